The maximum Gasteiger partial charge on any atom is 0.408 e. The summed E-state index contributed by atoms with van der Waals surface area (Å²) in [6, 6.07) is 1.70. The lowest BCUT2D eigenvalue weighted by molar-refractivity contribution is -0.142. The van der Waals surface area contributed by atoms with Crippen molar-refractivity contribution in [1.29, 1.82) is 0 Å². The summed E-state index contributed by atoms with van der Waals surface area (Å²) in [4.78, 5) is 13.2. The van der Waals surface area contributed by atoms with Gasteiger partial charge in [-0.05, 0) is 49.7 Å². The van der Waals surface area contributed by atoms with Crippen LogP contribution >= 0.6 is 11.3 Å². The Labute approximate surface area is 152 Å². The molecule has 2 aromatic heterocycles. The van der Waals surface area contributed by atoms with Crippen molar-refractivity contribution >= 4 is 27.5 Å². The van der Waals surface area contributed by atoms with Crippen LogP contribution in [0.1, 0.15) is 30.9 Å². The molecule has 3 heterocycles. The largest absolute Gasteiger partial charge is 0.481 e. The molecule has 2 aromatic rings. The smallest absolute Gasteiger partial charge is 0.408 e. The Morgan fingerprint density at radius 3 is 2.69 bits per heavy atom. The van der Waals surface area contributed by atoms with Crippen LogP contribution in [0.25, 0.3) is 10.2 Å². The first-order valence-corrected chi connectivity index (χ1v) is 9.65. The molecule has 1 aliphatic carbocycles. The van der Waals surface area contributed by atoms with Gasteiger partial charge in [-0.15, -0.1) is 11.3 Å². The summed E-state index contributed by atoms with van der Waals surface area (Å²) >= 11 is 1.45. The van der Waals surface area contributed by atoms with E-state index in [0.29, 0.717) is 5.52 Å². The Morgan fingerprint density at radius 2 is 2.08 bits per heavy atom. The second-order valence-corrected chi connectivity index (χ2v) is 8.22. The lowest BCUT2D eigenvalue weighted by Crippen LogP contribution is -2.35. The second kappa shape index (κ2) is 6.53. The van der Waals surface area contributed by atoms with Gasteiger partial charge in [0.15, 0.2) is 0 Å². The highest BCUT2D eigenvalue weighted by atomic mass is 32.1. The molecule has 0 amide bonds. The van der Waals surface area contributed by atoms with Crippen LogP contribution < -0.4 is 0 Å². The fourth-order valence-electron chi connectivity index (χ4n) is 3.96. The Hall–Kier alpha value is -1.61. The van der Waals surface area contributed by atoms with E-state index < -0.39 is 18.7 Å². The summed E-state index contributed by atoms with van der Waals surface area (Å²) in [7, 11) is 0. The second-order valence-electron chi connectivity index (χ2n) is 7.31. The molecule has 9 heteroatoms. The van der Waals surface area contributed by atoms with E-state index in [1.807, 2.05) is 5.38 Å². The third kappa shape index (κ3) is 3.59. The molecule has 0 aromatic carbocycles. The van der Waals surface area contributed by atoms with Gasteiger partial charge >= 0.3 is 12.1 Å². The number of fused-ring (bicyclic) bond motifs is 1. The molecule has 2 atom stereocenters. The zero-order valence-electron chi connectivity index (χ0n) is 14.1. The van der Waals surface area contributed by atoms with E-state index in [-0.39, 0.29) is 17.8 Å². The fraction of sp³-hybridized carbons (Fsp3) is 0.647. The molecular weight excluding hydrogens is 367 g/mol. The van der Waals surface area contributed by atoms with Gasteiger partial charge in [0.25, 0.3) is 0 Å². The number of thiophene rings is 1. The normalized spacial score (nSPS) is 25.0. The molecule has 0 bridgehead atoms. The molecule has 0 spiro atoms. The number of piperidine rings is 1. The molecule has 0 unspecified atom stereocenters. The van der Waals surface area contributed by atoms with Gasteiger partial charge in [-0.3, -0.25) is 9.48 Å². The number of aromatic nitrogens is 2. The number of halogens is 3. The van der Waals surface area contributed by atoms with E-state index in [9.17, 15) is 18.0 Å². The predicted molar refractivity (Wildman–Crippen MR) is 91.3 cm³/mol. The Balaban J connectivity index is 1.42. The summed E-state index contributed by atoms with van der Waals surface area (Å²) in [6.45, 7) is 1.43. The molecule has 1 saturated carbocycles. The molecule has 26 heavy (non-hydrogen) atoms. The van der Waals surface area contributed by atoms with E-state index >= 15 is 0 Å². The number of hydrogen-bond acceptors (Lipinski definition) is 4. The van der Waals surface area contributed by atoms with Crippen molar-refractivity contribution in [3.63, 3.8) is 0 Å². The quantitative estimate of drug-likeness (QED) is 0.852. The molecule has 1 saturated heterocycles. The van der Waals surface area contributed by atoms with Crippen molar-refractivity contribution in [3.05, 3.63) is 17.1 Å². The first kappa shape index (κ1) is 17.8. The number of alkyl halides is 3. The molecular formula is C17H20F3N3O2S. The molecule has 1 N–H and O–H groups in total. The van der Waals surface area contributed by atoms with Crippen LogP contribution in [0, 0.1) is 11.8 Å². The monoisotopic (exact) mass is 387 g/mol. The lowest BCUT2D eigenvalue weighted by atomic mass is 9.93. The standard InChI is InChI=1S/C17H20F3N3O2S/c18-17(19,20)9-23-13-3-6-26-15(13)14(21-23)10-1-4-22(5-2-10)8-11-7-12(11)16(24)25/h3,6,10-12H,1-2,4-5,7-9H2,(H,24,25)/t11-,12+/m0/s1. The van der Waals surface area contributed by atoms with Gasteiger partial charge in [0.05, 0.1) is 21.8 Å². The zero-order valence-corrected chi connectivity index (χ0v) is 14.9. The summed E-state index contributed by atoms with van der Waals surface area (Å²) in [5.74, 6) is -0.493. The van der Waals surface area contributed by atoms with Crippen LogP contribution in [0.2, 0.25) is 0 Å². The van der Waals surface area contributed by atoms with Crippen LogP contribution in [0.4, 0.5) is 13.2 Å². The number of nitrogens with zero attached hydrogens (tertiary/aromatic N) is 3. The molecule has 1 aliphatic heterocycles. The van der Waals surface area contributed by atoms with Gasteiger partial charge in [0.2, 0.25) is 0 Å². The maximum absolute atomic E-state index is 12.8. The topological polar surface area (TPSA) is 58.4 Å². The third-order valence-corrected chi connectivity index (χ3v) is 6.35. The van der Waals surface area contributed by atoms with E-state index in [0.717, 1.165) is 54.0 Å². The van der Waals surface area contributed by atoms with Crippen LogP contribution in [0.3, 0.4) is 0 Å². The minimum atomic E-state index is -4.29. The SMILES string of the molecule is O=C(O)[C@@H]1C[C@H]1CN1CCC(c2nn(CC(F)(F)F)c3ccsc23)CC1. The minimum Gasteiger partial charge on any atom is -0.481 e. The highest BCUT2D eigenvalue weighted by molar-refractivity contribution is 7.17. The Morgan fingerprint density at radius 1 is 1.35 bits per heavy atom. The van der Waals surface area contributed by atoms with Crippen molar-refractivity contribution in [2.24, 2.45) is 11.8 Å². The van der Waals surface area contributed by atoms with Gasteiger partial charge < -0.3 is 10.0 Å². The summed E-state index contributed by atoms with van der Waals surface area (Å²) in [5.41, 5.74) is 1.35. The first-order chi connectivity index (χ1) is 12.3. The van der Waals surface area contributed by atoms with E-state index in [1.165, 1.54) is 11.3 Å². The summed E-state index contributed by atoms with van der Waals surface area (Å²) in [6.07, 6.45) is -1.83. The molecule has 5 nitrogen and oxygen atoms in total. The Kier molecular flexibility index (Phi) is 4.46. The van der Waals surface area contributed by atoms with Crippen LogP contribution in [-0.2, 0) is 11.3 Å². The van der Waals surface area contributed by atoms with Crippen molar-refractivity contribution < 1.29 is 23.1 Å². The van der Waals surface area contributed by atoms with E-state index in [1.54, 1.807) is 6.07 Å². The van der Waals surface area contributed by atoms with Crippen LogP contribution in [-0.4, -0.2) is 51.6 Å². The van der Waals surface area contributed by atoms with Gasteiger partial charge in [0.1, 0.15) is 6.54 Å². The zero-order chi connectivity index (χ0) is 18.5. The van der Waals surface area contributed by atoms with Crippen molar-refractivity contribution in [1.82, 2.24) is 14.7 Å². The number of carboxylic acid groups (broad SMARTS) is 1. The molecule has 4 rings (SSSR count). The van der Waals surface area contributed by atoms with Crippen molar-refractivity contribution in [3.8, 4) is 0 Å². The average molecular weight is 387 g/mol. The highest BCUT2D eigenvalue weighted by Gasteiger charge is 2.44. The van der Waals surface area contributed by atoms with E-state index in [4.69, 9.17) is 5.11 Å². The van der Waals surface area contributed by atoms with Gasteiger partial charge in [0, 0.05) is 12.5 Å². The van der Waals surface area contributed by atoms with Gasteiger partial charge in [-0.2, -0.15) is 18.3 Å². The van der Waals surface area contributed by atoms with Crippen molar-refractivity contribution in [2.75, 3.05) is 19.6 Å². The summed E-state index contributed by atoms with van der Waals surface area (Å²) in [5, 5.41) is 15.1. The number of likely N-dealkylation sites (tertiary alicyclic amines) is 1. The fourth-order valence-corrected chi connectivity index (χ4v) is 4.91. The van der Waals surface area contributed by atoms with E-state index in [2.05, 4.69) is 10.00 Å². The first-order valence-electron chi connectivity index (χ1n) is 8.77. The number of aliphatic carboxylic acids is 1. The third-order valence-electron chi connectivity index (χ3n) is 5.42. The molecule has 2 fully saturated rings. The highest BCUT2D eigenvalue weighted by Crippen LogP contribution is 2.41. The van der Waals surface area contributed by atoms with Gasteiger partial charge in [-0.1, -0.05) is 0 Å². The Bertz CT molecular complexity index is 808. The van der Waals surface area contributed by atoms with Gasteiger partial charge in [-0.25, -0.2) is 0 Å². The number of rotatable bonds is 5. The summed E-state index contributed by atoms with van der Waals surface area (Å²) < 4.78 is 40.3. The molecule has 0 radical (unpaired) electrons. The number of carbonyl (C=O) groups is 1. The number of carboxylic acids is 1. The van der Waals surface area contributed by atoms with Crippen molar-refractivity contribution in [2.45, 2.75) is 37.9 Å². The lowest BCUT2D eigenvalue weighted by Gasteiger charge is -2.31. The van der Waals surface area contributed by atoms with Crippen LogP contribution in [0.5, 0.6) is 0 Å². The predicted octanol–water partition coefficient (Wildman–Crippen LogP) is 3.56. The maximum atomic E-state index is 12.8. The molecule has 2 aliphatic rings. The number of hydrogen-bond donors (Lipinski definition) is 1. The molecule has 142 valence electrons. The average Bonchev–Trinajstić information content (AvgIpc) is 3.02. The van der Waals surface area contributed by atoms with Crippen LogP contribution in [0.15, 0.2) is 11.4 Å². The minimum absolute atomic E-state index is 0.163.